The Bertz CT molecular complexity index is 419. The molecule has 19 heavy (non-hydrogen) atoms. The average molecular weight is 262 g/mol. The Balaban J connectivity index is 1.86. The molecule has 1 aliphatic heterocycles. The quantitative estimate of drug-likeness (QED) is 0.810. The second kappa shape index (κ2) is 6.17. The zero-order chi connectivity index (χ0) is 13.7. The van der Waals surface area contributed by atoms with Gasteiger partial charge in [0.15, 0.2) is 0 Å². The highest BCUT2D eigenvalue weighted by molar-refractivity contribution is 5.84. The zero-order valence-corrected chi connectivity index (χ0v) is 11.4. The van der Waals surface area contributed by atoms with Gasteiger partial charge >= 0.3 is 0 Å². The molecule has 1 amide bonds. The maximum absolute atomic E-state index is 12.0. The van der Waals surface area contributed by atoms with Gasteiger partial charge in [0.2, 0.25) is 5.91 Å². The molecule has 0 radical (unpaired) electrons. The first-order valence-corrected chi connectivity index (χ1v) is 6.84. The van der Waals surface area contributed by atoms with Crippen molar-refractivity contribution in [3.8, 4) is 0 Å². The number of hydrogen-bond acceptors (Lipinski definition) is 3. The van der Waals surface area contributed by atoms with Crippen LogP contribution in [0.25, 0.3) is 0 Å². The fraction of sp³-hybridized carbons (Fsp3) is 0.533. The van der Waals surface area contributed by atoms with E-state index in [4.69, 9.17) is 10.5 Å². The highest BCUT2D eigenvalue weighted by Crippen LogP contribution is 2.26. The van der Waals surface area contributed by atoms with Crippen molar-refractivity contribution < 1.29 is 9.53 Å². The number of amides is 1. The average Bonchev–Trinajstić information content (AvgIpc) is 2.38. The maximum atomic E-state index is 12.0. The van der Waals surface area contributed by atoms with E-state index in [0.29, 0.717) is 26.3 Å². The number of aryl methyl sites for hydroxylation is 1. The molecule has 2 rings (SSSR count). The molecule has 1 aromatic rings. The van der Waals surface area contributed by atoms with Crippen molar-refractivity contribution in [2.24, 2.45) is 11.1 Å². The first-order valence-electron chi connectivity index (χ1n) is 6.84. The van der Waals surface area contributed by atoms with Gasteiger partial charge in [-0.1, -0.05) is 37.6 Å². The molecule has 4 heteroatoms. The Hall–Kier alpha value is -1.39. The summed E-state index contributed by atoms with van der Waals surface area (Å²) in [5.74, 6) is -0.00103. The van der Waals surface area contributed by atoms with Crippen LogP contribution in [0.3, 0.4) is 0 Å². The summed E-state index contributed by atoms with van der Waals surface area (Å²) in [7, 11) is 0. The van der Waals surface area contributed by atoms with Crippen LogP contribution in [0.15, 0.2) is 24.3 Å². The molecule has 0 unspecified atom stereocenters. The minimum Gasteiger partial charge on any atom is -0.379 e. The summed E-state index contributed by atoms with van der Waals surface area (Å²) >= 11 is 0. The summed E-state index contributed by atoms with van der Waals surface area (Å²) in [6.45, 7) is 3.93. The van der Waals surface area contributed by atoms with Crippen LogP contribution in [0.1, 0.15) is 24.5 Å². The molecule has 0 aliphatic carbocycles. The summed E-state index contributed by atoms with van der Waals surface area (Å²) in [5, 5.41) is 2.95. The van der Waals surface area contributed by atoms with Crippen LogP contribution in [0, 0.1) is 5.41 Å². The van der Waals surface area contributed by atoms with Gasteiger partial charge in [-0.15, -0.1) is 0 Å². The van der Waals surface area contributed by atoms with Crippen molar-refractivity contribution in [3.63, 3.8) is 0 Å². The molecule has 1 heterocycles. The number of nitrogens with one attached hydrogen (secondary N) is 1. The lowest BCUT2D eigenvalue weighted by Crippen LogP contribution is -2.58. The normalized spacial score (nSPS) is 16.7. The topological polar surface area (TPSA) is 64.4 Å². The van der Waals surface area contributed by atoms with Crippen LogP contribution < -0.4 is 11.1 Å². The van der Waals surface area contributed by atoms with E-state index in [2.05, 4.69) is 36.5 Å². The highest BCUT2D eigenvalue weighted by Gasteiger charge is 2.44. The largest absolute Gasteiger partial charge is 0.379 e. The summed E-state index contributed by atoms with van der Waals surface area (Å²) in [6.07, 6.45) is 2.25. The summed E-state index contributed by atoms with van der Waals surface area (Å²) in [4.78, 5) is 12.0. The molecular weight excluding hydrogens is 240 g/mol. The standard InChI is InChI=1S/C15H22N2O2/c1-2-3-12-4-6-13(7-5-12)8-17-14(18)15(9-16)10-19-11-15/h4-7H,2-3,8-11,16H2,1H3,(H,17,18). The van der Waals surface area contributed by atoms with E-state index in [1.807, 2.05) is 0 Å². The van der Waals surface area contributed by atoms with Gasteiger partial charge in [0.05, 0.1) is 13.2 Å². The van der Waals surface area contributed by atoms with E-state index in [9.17, 15) is 4.79 Å². The van der Waals surface area contributed by atoms with Crippen LogP contribution in [-0.2, 0) is 22.5 Å². The third-order valence-corrected chi connectivity index (χ3v) is 3.64. The molecule has 0 aromatic heterocycles. The van der Waals surface area contributed by atoms with Crippen LogP contribution in [0.4, 0.5) is 0 Å². The van der Waals surface area contributed by atoms with Gasteiger partial charge in [-0.05, 0) is 17.5 Å². The predicted molar refractivity (Wildman–Crippen MR) is 74.6 cm³/mol. The SMILES string of the molecule is CCCc1ccc(CNC(=O)C2(CN)COC2)cc1. The number of ether oxygens (including phenoxy) is 1. The molecule has 104 valence electrons. The van der Waals surface area contributed by atoms with Crippen LogP contribution in [0.5, 0.6) is 0 Å². The van der Waals surface area contributed by atoms with Crippen LogP contribution in [-0.4, -0.2) is 25.7 Å². The van der Waals surface area contributed by atoms with E-state index in [0.717, 1.165) is 18.4 Å². The van der Waals surface area contributed by atoms with Gasteiger partial charge in [-0.2, -0.15) is 0 Å². The Morgan fingerprint density at radius 1 is 1.32 bits per heavy atom. The number of benzene rings is 1. The number of nitrogens with two attached hydrogens (primary N) is 1. The lowest BCUT2D eigenvalue weighted by Gasteiger charge is -2.38. The smallest absolute Gasteiger partial charge is 0.232 e. The minimum absolute atomic E-state index is 0.00103. The van der Waals surface area contributed by atoms with Crippen molar-refractivity contribution in [2.45, 2.75) is 26.3 Å². The lowest BCUT2D eigenvalue weighted by atomic mass is 9.85. The minimum atomic E-state index is -0.498. The number of carbonyl (C=O) groups is 1. The number of hydrogen-bond donors (Lipinski definition) is 2. The fourth-order valence-electron chi connectivity index (χ4n) is 2.17. The zero-order valence-electron chi connectivity index (χ0n) is 11.4. The molecule has 1 saturated heterocycles. The highest BCUT2D eigenvalue weighted by atomic mass is 16.5. The van der Waals surface area contributed by atoms with E-state index < -0.39 is 5.41 Å². The van der Waals surface area contributed by atoms with Gasteiger partial charge in [-0.3, -0.25) is 4.79 Å². The fourth-order valence-corrected chi connectivity index (χ4v) is 2.17. The van der Waals surface area contributed by atoms with Crippen molar-refractivity contribution in [3.05, 3.63) is 35.4 Å². The number of rotatable bonds is 6. The third-order valence-electron chi connectivity index (χ3n) is 3.64. The van der Waals surface area contributed by atoms with Gasteiger partial charge in [0, 0.05) is 13.1 Å². The molecule has 0 spiro atoms. The first-order chi connectivity index (χ1) is 9.20. The molecule has 4 nitrogen and oxygen atoms in total. The van der Waals surface area contributed by atoms with Gasteiger partial charge in [-0.25, -0.2) is 0 Å². The molecule has 0 bridgehead atoms. The molecule has 1 aliphatic rings. The van der Waals surface area contributed by atoms with Crippen molar-refractivity contribution >= 4 is 5.91 Å². The van der Waals surface area contributed by atoms with Gasteiger partial charge in [0.1, 0.15) is 5.41 Å². The molecule has 1 aromatic carbocycles. The van der Waals surface area contributed by atoms with Crippen LogP contribution in [0.2, 0.25) is 0 Å². The molecular formula is C15H22N2O2. The summed E-state index contributed by atoms with van der Waals surface area (Å²) < 4.78 is 5.10. The van der Waals surface area contributed by atoms with Crippen molar-refractivity contribution in [1.29, 1.82) is 0 Å². The second-order valence-corrected chi connectivity index (χ2v) is 5.23. The van der Waals surface area contributed by atoms with Crippen molar-refractivity contribution in [2.75, 3.05) is 19.8 Å². The summed E-state index contributed by atoms with van der Waals surface area (Å²) in [6, 6.07) is 8.38. The van der Waals surface area contributed by atoms with E-state index in [1.165, 1.54) is 5.56 Å². The van der Waals surface area contributed by atoms with Gasteiger partial charge in [0.25, 0.3) is 0 Å². The molecule has 1 fully saturated rings. The van der Waals surface area contributed by atoms with E-state index >= 15 is 0 Å². The Morgan fingerprint density at radius 2 is 1.95 bits per heavy atom. The Morgan fingerprint density at radius 3 is 2.42 bits per heavy atom. The molecule has 0 saturated carbocycles. The Labute approximate surface area is 114 Å². The first kappa shape index (κ1) is 14.0. The molecule has 3 N–H and O–H groups in total. The summed E-state index contributed by atoms with van der Waals surface area (Å²) in [5.41, 5.74) is 7.60. The predicted octanol–water partition coefficient (Wildman–Crippen LogP) is 1.23. The Kier molecular flexibility index (Phi) is 4.56. The van der Waals surface area contributed by atoms with Crippen LogP contribution >= 0.6 is 0 Å². The monoisotopic (exact) mass is 262 g/mol. The van der Waals surface area contributed by atoms with Crippen molar-refractivity contribution in [1.82, 2.24) is 5.32 Å². The van der Waals surface area contributed by atoms with E-state index in [-0.39, 0.29) is 5.91 Å². The van der Waals surface area contributed by atoms with Gasteiger partial charge < -0.3 is 15.8 Å². The van der Waals surface area contributed by atoms with E-state index in [1.54, 1.807) is 0 Å². The molecule has 0 atom stereocenters. The number of carbonyl (C=O) groups excluding carboxylic acids is 1. The second-order valence-electron chi connectivity index (χ2n) is 5.23. The lowest BCUT2D eigenvalue weighted by molar-refractivity contribution is -0.159. The third kappa shape index (κ3) is 3.14. The maximum Gasteiger partial charge on any atom is 0.232 e.